The number of hydrogen-bond acceptors (Lipinski definition) is 3. The molecule has 0 bridgehead atoms. The van der Waals surface area contributed by atoms with Gasteiger partial charge in [-0.3, -0.25) is 15.1 Å². The molecule has 0 aliphatic carbocycles. The van der Waals surface area contributed by atoms with Gasteiger partial charge < -0.3 is 0 Å². The molecule has 0 amide bonds. The summed E-state index contributed by atoms with van der Waals surface area (Å²) in [5.74, 6) is 0. The molecule has 0 saturated heterocycles. The summed E-state index contributed by atoms with van der Waals surface area (Å²) < 4.78 is 0. The Morgan fingerprint density at radius 2 is 2.13 bits per heavy atom. The molecule has 0 radical (unpaired) electrons. The summed E-state index contributed by atoms with van der Waals surface area (Å²) >= 11 is 0. The van der Waals surface area contributed by atoms with E-state index in [2.05, 4.69) is 4.98 Å². The molecule has 1 heterocycles. The Hall–Kier alpha value is -1.97. The van der Waals surface area contributed by atoms with Crippen molar-refractivity contribution < 1.29 is 4.92 Å². The van der Waals surface area contributed by atoms with Gasteiger partial charge in [-0.05, 0) is 18.6 Å². The molecule has 76 valence electrons. The van der Waals surface area contributed by atoms with E-state index < -0.39 is 4.92 Å². The maximum atomic E-state index is 10.6. The Balaban J connectivity index is 2.59. The van der Waals surface area contributed by atoms with Crippen LogP contribution in [-0.4, -0.2) is 9.91 Å². The van der Waals surface area contributed by atoms with Crippen LogP contribution < -0.4 is 0 Å². The molecule has 4 nitrogen and oxygen atoms in total. The molecule has 4 heteroatoms. The smallest absolute Gasteiger partial charge is 0.258 e. The van der Waals surface area contributed by atoms with Crippen molar-refractivity contribution in [1.82, 2.24) is 4.98 Å². The number of pyridine rings is 1. The molecule has 0 fully saturated rings. The Labute approximate surface area is 86.7 Å². The minimum Gasteiger partial charge on any atom is -0.258 e. The number of rotatable bonds is 2. The van der Waals surface area contributed by atoms with Crippen molar-refractivity contribution in [1.29, 1.82) is 0 Å². The third kappa shape index (κ3) is 1.79. The van der Waals surface area contributed by atoms with Crippen LogP contribution in [0, 0.1) is 10.1 Å². The number of nitro groups is 1. The molecular formula is C11H10N2O2. The van der Waals surface area contributed by atoms with Gasteiger partial charge >= 0.3 is 0 Å². The average Bonchev–Trinajstić information content (AvgIpc) is 2.27. The van der Waals surface area contributed by atoms with E-state index in [-0.39, 0.29) is 5.69 Å². The van der Waals surface area contributed by atoms with E-state index in [1.54, 1.807) is 12.1 Å². The van der Waals surface area contributed by atoms with E-state index in [1.807, 2.05) is 19.1 Å². The highest BCUT2D eigenvalue weighted by Gasteiger charge is 2.06. The van der Waals surface area contributed by atoms with E-state index in [0.29, 0.717) is 0 Å². The number of nitro benzene ring substituents is 1. The average molecular weight is 202 g/mol. The number of aryl methyl sites for hydroxylation is 1. The fourth-order valence-electron chi connectivity index (χ4n) is 1.47. The normalized spacial score (nSPS) is 10.5. The predicted octanol–water partition coefficient (Wildman–Crippen LogP) is 2.71. The van der Waals surface area contributed by atoms with Crippen LogP contribution in [0.2, 0.25) is 0 Å². The predicted molar refractivity (Wildman–Crippen MR) is 57.8 cm³/mol. The van der Waals surface area contributed by atoms with Crippen molar-refractivity contribution in [3.05, 3.63) is 46.1 Å². The first-order chi connectivity index (χ1) is 7.20. The van der Waals surface area contributed by atoms with Gasteiger partial charge in [0, 0.05) is 23.2 Å². The first-order valence-corrected chi connectivity index (χ1v) is 4.75. The Kier molecular flexibility index (Phi) is 2.33. The van der Waals surface area contributed by atoms with Crippen LogP contribution in [0.15, 0.2) is 30.3 Å². The van der Waals surface area contributed by atoms with E-state index in [4.69, 9.17) is 0 Å². The van der Waals surface area contributed by atoms with Gasteiger partial charge in [0.2, 0.25) is 0 Å². The maximum Gasteiger partial charge on any atom is 0.270 e. The SMILES string of the molecule is CCc1ccc2cc([N+](=O)[O-])ccc2n1. The molecule has 0 atom stereocenters. The van der Waals surface area contributed by atoms with E-state index in [9.17, 15) is 10.1 Å². The zero-order valence-corrected chi connectivity index (χ0v) is 8.30. The molecule has 1 aromatic heterocycles. The molecule has 0 spiro atoms. The molecule has 0 unspecified atom stereocenters. The number of non-ortho nitro benzene ring substituents is 1. The van der Waals surface area contributed by atoms with Gasteiger partial charge in [0.25, 0.3) is 5.69 Å². The molecule has 0 saturated carbocycles. The van der Waals surface area contributed by atoms with Crippen LogP contribution >= 0.6 is 0 Å². The minimum absolute atomic E-state index is 0.105. The topological polar surface area (TPSA) is 56.0 Å². The summed E-state index contributed by atoms with van der Waals surface area (Å²) in [5.41, 5.74) is 1.91. The van der Waals surface area contributed by atoms with E-state index in [1.165, 1.54) is 6.07 Å². The van der Waals surface area contributed by atoms with E-state index >= 15 is 0 Å². The maximum absolute atomic E-state index is 10.6. The van der Waals surface area contributed by atoms with Gasteiger partial charge in [0.05, 0.1) is 10.4 Å². The Morgan fingerprint density at radius 1 is 1.33 bits per heavy atom. The lowest BCUT2D eigenvalue weighted by Gasteiger charge is -1.99. The monoisotopic (exact) mass is 202 g/mol. The molecule has 2 aromatic rings. The Bertz CT molecular complexity index is 523. The van der Waals surface area contributed by atoms with Crippen molar-refractivity contribution in [2.75, 3.05) is 0 Å². The standard InChI is InChI=1S/C11H10N2O2/c1-2-9-4-3-8-7-10(13(14)15)5-6-11(8)12-9/h3-7H,2H2,1H3. The second-order valence-electron chi connectivity index (χ2n) is 3.29. The molecule has 15 heavy (non-hydrogen) atoms. The van der Waals surface area contributed by atoms with Crippen molar-refractivity contribution in [3.8, 4) is 0 Å². The van der Waals surface area contributed by atoms with Crippen LogP contribution in [0.4, 0.5) is 5.69 Å². The van der Waals surface area contributed by atoms with Gasteiger partial charge in [-0.2, -0.15) is 0 Å². The largest absolute Gasteiger partial charge is 0.270 e. The lowest BCUT2D eigenvalue weighted by Crippen LogP contribution is -1.90. The summed E-state index contributed by atoms with van der Waals surface area (Å²) in [5, 5.41) is 11.4. The Morgan fingerprint density at radius 3 is 2.80 bits per heavy atom. The number of aromatic nitrogens is 1. The number of nitrogens with zero attached hydrogens (tertiary/aromatic N) is 2. The summed E-state index contributed by atoms with van der Waals surface area (Å²) in [6.45, 7) is 2.03. The molecule has 0 N–H and O–H groups in total. The van der Waals surface area contributed by atoms with Crippen LogP contribution in [0.1, 0.15) is 12.6 Å². The van der Waals surface area contributed by atoms with Crippen LogP contribution in [0.3, 0.4) is 0 Å². The summed E-state index contributed by atoms with van der Waals surface area (Å²) in [4.78, 5) is 14.5. The fourth-order valence-corrected chi connectivity index (χ4v) is 1.47. The summed E-state index contributed by atoms with van der Waals surface area (Å²) in [6.07, 6.45) is 0.868. The number of fused-ring (bicyclic) bond motifs is 1. The van der Waals surface area contributed by atoms with Crippen LogP contribution in [0.5, 0.6) is 0 Å². The number of benzene rings is 1. The zero-order valence-electron chi connectivity index (χ0n) is 8.30. The van der Waals surface area contributed by atoms with Gasteiger partial charge in [-0.25, -0.2) is 0 Å². The fraction of sp³-hybridized carbons (Fsp3) is 0.182. The van der Waals surface area contributed by atoms with Crippen LogP contribution in [0.25, 0.3) is 10.9 Å². The molecule has 1 aromatic carbocycles. The third-order valence-electron chi connectivity index (χ3n) is 2.30. The van der Waals surface area contributed by atoms with Gasteiger partial charge in [0.15, 0.2) is 0 Å². The lowest BCUT2D eigenvalue weighted by atomic mass is 10.1. The van der Waals surface area contributed by atoms with Crippen molar-refractivity contribution in [2.24, 2.45) is 0 Å². The molecule has 0 aliphatic rings. The highest BCUT2D eigenvalue weighted by Crippen LogP contribution is 2.19. The second-order valence-corrected chi connectivity index (χ2v) is 3.29. The zero-order chi connectivity index (χ0) is 10.8. The first kappa shape index (κ1) is 9.58. The van der Waals surface area contributed by atoms with Gasteiger partial charge in [0.1, 0.15) is 0 Å². The van der Waals surface area contributed by atoms with Crippen LogP contribution in [-0.2, 0) is 6.42 Å². The minimum atomic E-state index is -0.396. The number of hydrogen-bond donors (Lipinski definition) is 0. The highest BCUT2D eigenvalue weighted by molar-refractivity contribution is 5.81. The quantitative estimate of drug-likeness (QED) is 0.555. The third-order valence-corrected chi connectivity index (χ3v) is 2.30. The van der Waals surface area contributed by atoms with Gasteiger partial charge in [-0.1, -0.05) is 13.0 Å². The van der Waals surface area contributed by atoms with Crippen molar-refractivity contribution in [3.63, 3.8) is 0 Å². The lowest BCUT2D eigenvalue weighted by molar-refractivity contribution is -0.384. The molecule has 0 aliphatic heterocycles. The van der Waals surface area contributed by atoms with E-state index in [0.717, 1.165) is 23.0 Å². The molecular weight excluding hydrogens is 192 g/mol. The van der Waals surface area contributed by atoms with Crippen molar-refractivity contribution in [2.45, 2.75) is 13.3 Å². The summed E-state index contributed by atoms with van der Waals surface area (Å²) in [6, 6.07) is 8.48. The second kappa shape index (κ2) is 3.65. The summed E-state index contributed by atoms with van der Waals surface area (Å²) in [7, 11) is 0. The highest BCUT2D eigenvalue weighted by atomic mass is 16.6. The first-order valence-electron chi connectivity index (χ1n) is 4.75. The van der Waals surface area contributed by atoms with Gasteiger partial charge in [-0.15, -0.1) is 0 Å². The molecule has 2 rings (SSSR count). The van der Waals surface area contributed by atoms with Crippen molar-refractivity contribution >= 4 is 16.6 Å².